The summed E-state index contributed by atoms with van der Waals surface area (Å²) in [7, 11) is 0. The molecule has 4 rings (SSSR count). The molecule has 3 heterocycles. The summed E-state index contributed by atoms with van der Waals surface area (Å²) in [6.07, 6.45) is 6.38. The maximum absolute atomic E-state index is 5.83. The van der Waals surface area contributed by atoms with Gasteiger partial charge in [-0.05, 0) is 42.2 Å². The van der Waals surface area contributed by atoms with Gasteiger partial charge in [0.15, 0.2) is 11.5 Å². The number of benzene rings is 1. The molecule has 1 unspecified atom stereocenters. The molecule has 0 bridgehead atoms. The lowest BCUT2D eigenvalue weighted by molar-refractivity contribution is 0.0678. The van der Waals surface area contributed by atoms with Crippen molar-refractivity contribution in [2.24, 2.45) is 0 Å². The molecule has 24 heavy (non-hydrogen) atoms. The predicted octanol–water partition coefficient (Wildman–Crippen LogP) is 2.99. The van der Waals surface area contributed by atoms with E-state index in [0.29, 0.717) is 12.9 Å². The fourth-order valence-electron chi connectivity index (χ4n) is 3.31. The molecule has 0 saturated carbocycles. The van der Waals surface area contributed by atoms with Crippen molar-refractivity contribution in [3.63, 3.8) is 0 Å². The minimum absolute atomic E-state index is 0.314. The summed E-state index contributed by atoms with van der Waals surface area (Å²) in [6, 6.07) is 10.3. The molecule has 5 heteroatoms. The van der Waals surface area contributed by atoms with Crippen molar-refractivity contribution in [3.8, 4) is 11.5 Å². The highest BCUT2D eigenvalue weighted by atomic mass is 16.7. The van der Waals surface area contributed by atoms with Crippen LogP contribution in [0.1, 0.15) is 24.0 Å². The second-order valence-corrected chi connectivity index (χ2v) is 6.35. The summed E-state index contributed by atoms with van der Waals surface area (Å²) in [6.45, 7) is 3.85. The Hall–Kier alpha value is -2.11. The van der Waals surface area contributed by atoms with Crippen LogP contribution >= 0.6 is 0 Å². The van der Waals surface area contributed by atoms with Crippen LogP contribution in [0.3, 0.4) is 0 Å². The number of pyridine rings is 1. The Kier molecular flexibility index (Phi) is 4.62. The van der Waals surface area contributed by atoms with E-state index in [1.165, 1.54) is 11.1 Å². The van der Waals surface area contributed by atoms with Crippen LogP contribution in [0, 0.1) is 0 Å². The molecule has 1 saturated heterocycles. The SMILES string of the molecule is c1cncc(CN(Cc2ccc3c(c2)OCO3)CC2CCCO2)c1. The van der Waals surface area contributed by atoms with Gasteiger partial charge in [-0.25, -0.2) is 0 Å². The number of hydrogen-bond acceptors (Lipinski definition) is 5. The lowest BCUT2D eigenvalue weighted by Crippen LogP contribution is -2.31. The predicted molar refractivity (Wildman–Crippen MR) is 89.9 cm³/mol. The first kappa shape index (κ1) is 15.4. The molecule has 1 aromatic carbocycles. The summed E-state index contributed by atoms with van der Waals surface area (Å²) in [5, 5.41) is 0. The topological polar surface area (TPSA) is 43.8 Å². The lowest BCUT2D eigenvalue weighted by atomic mass is 10.1. The van der Waals surface area contributed by atoms with Crippen molar-refractivity contribution in [1.82, 2.24) is 9.88 Å². The van der Waals surface area contributed by atoms with Crippen molar-refractivity contribution in [2.45, 2.75) is 32.0 Å². The molecule has 0 aliphatic carbocycles. The fraction of sp³-hybridized carbons (Fsp3) is 0.421. The minimum Gasteiger partial charge on any atom is -0.454 e. The molecule has 2 aromatic rings. The zero-order valence-electron chi connectivity index (χ0n) is 13.7. The minimum atomic E-state index is 0.314. The molecule has 2 aliphatic heterocycles. The van der Waals surface area contributed by atoms with Gasteiger partial charge in [-0.2, -0.15) is 0 Å². The van der Waals surface area contributed by atoms with Crippen LogP contribution in [0.4, 0.5) is 0 Å². The van der Waals surface area contributed by atoms with Crippen molar-refractivity contribution in [3.05, 3.63) is 53.9 Å². The molecule has 1 atom stereocenters. The van der Waals surface area contributed by atoms with E-state index >= 15 is 0 Å². The number of rotatable bonds is 6. The van der Waals surface area contributed by atoms with E-state index in [1.54, 1.807) is 0 Å². The van der Waals surface area contributed by atoms with Crippen molar-refractivity contribution >= 4 is 0 Å². The van der Waals surface area contributed by atoms with Crippen molar-refractivity contribution in [2.75, 3.05) is 19.9 Å². The number of ether oxygens (including phenoxy) is 3. The first-order valence-corrected chi connectivity index (χ1v) is 8.48. The maximum Gasteiger partial charge on any atom is 0.231 e. The molecule has 126 valence electrons. The monoisotopic (exact) mass is 326 g/mol. The van der Waals surface area contributed by atoms with Gasteiger partial charge in [0.2, 0.25) is 6.79 Å². The summed E-state index contributed by atoms with van der Waals surface area (Å²) >= 11 is 0. The molecule has 5 nitrogen and oxygen atoms in total. The first-order valence-electron chi connectivity index (χ1n) is 8.48. The first-order chi connectivity index (χ1) is 11.9. The van der Waals surface area contributed by atoms with Crippen LogP contribution in [-0.2, 0) is 17.8 Å². The van der Waals surface area contributed by atoms with Crippen LogP contribution in [-0.4, -0.2) is 35.9 Å². The zero-order chi connectivity index (χ0) is 16.2. The van der Waals surface area contributed by atoms with Gasteiger partial charge in [0, 0.05) is 38.6 Å². The smallest absolute Gasteiger partial charge is 0.231 e. The zero-order valence-corrected chi connectivity index (χ0v) is 13.7. The third-order valence-electron chi connectivity index (χ3n) is 4.46. The number of nitrogens with zero attached hydrogens (tertiary/aromatic N) is 2. The van der Waals surface area contributed by atoms with E-state index in [1.807, 2.05) is 24.5 Å². The van der Waals surface area contributed by atoms with E-state index in [-0.39, 0.29) is 0 Å². The summed E-state index contributed by atoms with van der Waals surface area (Å²) in [5.74, 6) is 1.67. The molecule has 1 fully saturated rings. The normalized spacial score (nSPS) is 19.1. The van der Waals surface area contributed by atoms with E-state index in [0.717, 1.165) is 50.6 Å². The Bertz CT molecular complexity index is 672. The molecule has 0 amide bonds. The molecule has 0 N–H and O–H groups in total. The van der Waals surface area contributed by atoms with E-state index in [9.17, 15) is 0 Å². The van der Waals surface area contributed by atoms with Gasteiger partial charge in [0.25, 0.3) is 0 Å². The fourth-order valence-corrected chi connectivity index (χ4v) is 3.31. The van der Waals surface area contributed by atoms with Gasteiger partial charge >= 0.3 is 0 Å². The molecule has 0 radical (unpaired) electrons. The maximum atomic E-state index is 5.83. The standard InChI is InChI=1S/C19H22N2O3/c1-3-16(10-20-7-1)12-21(13-17-4-2-8-22-17)11-15-5-6-18-19(9-15)24-14-23-18/h1,3,5-7,9-10,17H,2,4,8,11-14H2. The molecule has 1 aromatic heterocycles. The molecular formula is C19H22N2O3. The quantitative estimate of drug-likeness (QED) is 0.816. The van der Waals surface area contributed by atoms with Crippen LogP contribution in [0.5, 0.6) is 11.5 Å². The highest BCUT2D eigenvalue weighted by Crippen LogP contribution is 2.33. The Balaban J connectivity index is 1.48. The second kappa shape index (κ2) is 7.20. The largest absolute Gasteiger partial charge is 0.454 e. The average Bonchev–Trinajstić information content (AvgIpc) is 3.27. The summed E-state index contributed by atoms with van der Waals surface area (Å²) in [4.78, 5) is 6.65. The second-order valence-electron chi connectivity index (χ2n) is 6.35. The van der Waals surface area contributed by atoms with E-state index in [4.69, 9.17) is 14.2 Å². The van der Waals surface area contributed by atoms with Crippen molar-refractivity contribution in [1.29, 1.82) is 0 Å². The number of hydrogen-bond donors (Lipinski definition) is 0. The molecule has 2 aliphatic rings. The van der Waals surface area contributed by atoms with Crippen LogP contribution in [0.15, 0.2) is 42.7 Å². The highest BCUT2D eigenvalue weighted by Gasteiger charge is 2.21. The van der Waals surface area contributed by atoms with Crippen LogP contribution < -0.4 is 9.47 Å². The third-order valence-corrected chi connectivity index (χ3v) is 4.46. The highest BCUT2D eigenvalue weighted by molar-refractivity contribution is 5.44. The van der Waals surface area contributed by atoms with Gasteiger partial charge in [0.1, 0.15) is 0 Å². The average molecular weight is 326 g/mol. The Morgan fingerprint density at radius 3 is 2.83 bits per heavy atom. The van der Waals surface area contributed by atoms with E-state index in [2.05, 4.69) is 28.1 Å². The van der Waals surface area contributed by atoms with Gasteiger partial charge in [-0.3, -0.25) is 9.88 Å². The van der Waals surface area contributed by atoms with Crippen LogP contribution in [0.2, 0.25) is 0 Å². The van der Waals surface area contributed by atoms with Crippen LogP contribution in [0.25, 0.3) is 0 Å². The summed E-state index contributed by atoms with van der Waals surface area (Å²) in [5.41, 5.74) is 2.44. The van der Waals surface area contributed by atoms with Gasteiger partial charge in [-0.15, -0.1) is 0 Å². The number of fused-ring (bicyclic) bond motifs is 1. The van der Waals surface area contributed by atoms with Crippen molar-refractivity contribution < 1.29 is 14.2 Å². The third kappa shape index (κ3) is 3.68. The molecule has 0 spiro atoms. The summed E-state index contributed by atoms with van der Waals surface area (Å²) < 4.78 is 16.7. The lowest BCUT2D eigenvalue weighted by Gasteiger charge is -2.25. The Morgan fingerprint density at radius 2 is 2.00 bits per heavy atom. The van der Waals surface area contributed by atoms with Gasteiger partial charge in [0.05, 0.1) is 6.10 Å². The molecular weight excluding hydrogens is 304 g/mol. The van der Waals surface area contributed by atoms with Gasteiger partial charge < -0.3 is 14.2 Å². The number of aromatic nitrogens is 1. The van der Waals surface area contributed by atoms with E-state index < -0.39 is 0 Å². The Morgan fingerprint density at radius 1 is 1.08 bits per heavy atom. The van der Waals surface area contributed by atoms with Gasteiger partial charge in [-0.1, -0.05) is 12.1 Å². The Labute approximate surface area is 142 Å².